The number of rotatable bonds is 3. The molecule has 2 aromatic rings. The molecule has 5 heteroatoms. The number of anilines is 1. The van der Waals surface area contributed by atoms with Crippen LogP contribution < -0.4 is 5.73 Å². The Morgan fingerprint density at radius 3 is 2.72 bits per heavy atom. The number of nitrogen functional groups attached to an aromatic ring is 1. The van der Waals surface area contributed by atoms with E-state index < -0.39 is 0 Å². The van der Waals surface area contributed by atoms with Gasteiger partial charge in [0, 0.05) is 20.2 Å². The van der Waals surface area contributed by atoms with Crippen molar-refractivity contribution < 1.29 is 0 Å². The smallest absolute Gasteiger partial charge is 0.180 e. The van der Waals surface area contributed by atoms with Crippen molar-refractivity contribution in [3.05, 3.63) is 43.3 Å². The third-order valence-electron chi connectivity index (χ3n) is 2.65. The number of hydrogen-bond donors (Lipinski definition) is 1. The SMILES string of the molecule is CC(C)c1nc(N)sc1Cc1cc(Br)ccc1Br. The van der Waals surface area contributed by atoms with E-state index in [1.54, 1.807) is 11.3 Å². The van der Waals surface area contributed by atoms with E-state index in [0.717, 1.165) is 21.1 Å². The molecule has 0 saturated carbocycles. The standard InChI is InChI=1S/C13H14Br2N2S/c1-7(2)12-11(18-13(16)17-12)6-8-5-9(14)3-4-10(8)15/h3-5,7H,6H2,1-2H3,(H2,16,17). The third-order valence-corrected chi connectivity index (χ3v) is 4.82. The van der Waals surface area contributed by atoms with Crippen molar-refractivity contribution in [2.24, 2.45) is 0 Å². The molecule has 0 aliphatic heterocycles. The van der Waals surface area contributed by atoms with Crippen LogP contribution in [-0.4, -0.2) is 4.98 Å². The van der Waals surface area contributed by atoms with Gasteiger partial charge in [-0.1, -0.05) is 45.7 Å². The van der Waals surface area contributed by atoms with E-state index in [0.29, 0.717) is 11.0 Å². The Balaban J connectivity index is 2.36. The Bertz CT molecular complexity index is 564. The van der Waals surface area contributed by atoms with Crippen LogP contribution in [0.1, 0.15) is 35.9 Å². The number of halogens is 2. The summed E-state index contributed by atoms with van der Waals surface area (Å²) in [5, 5.41) is 0.653. The van der Waals surface area contributed by atoms with Crippen molar-refractivity contribution in [2.45, 2.75) is 26.2 Å². The molecular formula is C13H14Br2N2S. The van der Waals surface area contributed by atoms with Gasteiger partial charge in [0.1, 0.15) is 0 Å². The monoisotopic (exact) mass is 388 g/mol. The minimum absolute atomic E-state index is 0.402. The zero-order chi connectivity index (χ0) is 13.3. The predicted octanol–water partition coefficient (Wildman–Crippen LogP) is 4.96. The van der Waals surface area contributed by atoms with Gasteiger partial charge in [0.2, 0.25) is 0 Å². The average molecular weight is 390 g/mol. The van der Waals surface area contributed by atoms with Crippen molar-refractivity contribution in [3.63, 3.8) is 0 Å². The van der Waals surface area contributed by atoms with Crippen LogP contribution in [0.3, 0.4) is 0 Å². The number of aromatic nitrogens is 1. The highest BCUT2D eigenvalue weighted by molar-refractivity contribution is 9.11. The normalized spacial score (nSPS) is 11.2. The molecule has 0 radical (unpaired) electrons. The highest BCUT2D eigenvalue weighted by Crippen LogP contribution is 2.31. The summed E-state index contributed by atoms with van der Waals surface area (Å²) in [6.45, 7) is 4.29. The Morgan fingerprint density at radius 1 is 1.33 bits per heavy atom. The topological polar surface area (TPSA) is 38.9 Å². The van der Waals surface area contributed by atoms with Crippen molar-refractivity contribution in [1.82, 2.24) is 4.98 Å². The maximum atomic E-state index is 5.83. The number of nitrogens with two attached hydrogens (primary N) is 1. The molecule has 2 rings (SSSR count). The van der Waals surface area contributed by atoms with Gasteiger partial charge in [-0.3, -0.25) is 0 Å². The molecule has 1 aromatic heterocycles. The van der Waals surface area contributed by atoms with Crippen LogP contribution in [0.2, 0.25) is 0 Å². The quantitative estimate of drug-likeness (QED) is 0.805. The van der Waals surface area contributed by atoms with E-state index >= 15 is 0 Å². The maximum Gasteiger partial charge on any atom is 0.180 e. The van der Waals surface area contributed by atoms with Crippen molar-refractivity contribution in [3.8, 4) is 0 Å². The molecule has 0 saturated heterocycles. The number of thiazole rings is 1. The minimum atomic E-state index is 0.402. The number of hydrogen-bond acceptors (Lipinski definition) is 3. The molecule has 0 unspecified atom stereocenters. The Labute approximate surface area is 128 Å². The van der Waals surface area contributed by atoms with E-state index in [1.807, 2.05) is 6.07 Å². The fourth-order valence-electron chi connectivity index (χ4n) is 1.81. The molecule has 0 spiro atoms. The van der Waals surface area contributed by atoms with Crippen molar-refractivity contribution in [1.29, 1.82) is 0 Å². The first-order valence-electron chi connectivity index (χ1n) is 5.66. The summed E-state index contributed by atoms with van der Waals surface area (Å²) in [7, 11) is 0. The van der Waals surface area contributed by atoms with E-state index in [9.17, 15) is 0 Å². The molecule has 0 atom stereocenters. The lowest BCUT2D eigenvalue weighted by atomic mass is 10.0. The lowest BCUT2D eigenvalue weighted by Crippen LogP contribution is -1.96. The predicted molar refractivity (Wildman–Crippen MR) is 85.3 cm³/mol. The van der Waals surface area contributed by atoms with Crippen LogP contribution in [0.5, 0.6) is 0 Å². The molecule has 1 aromatic carbocycles. The maximum absolute atomic E-state index is 5.83. The van der Waals surface area contributed by atoms with Crippen LogP contribution >= 0.6 is 43.2 Å². The first kappa shape index (κ1) is 14.0. The van der Waals surface area contributed by atoms with Gasteiger partial charge >= 0.3 is 0 Å². The van der Waals surface area contributed by atoms with Crippen LogP contribution in [0.4, 0.5) is 5.13 Å². The van der Waals surface area contributed by atoms with Gasteiger partial charge in [-0.2, -0.15) is 0 Å². The second-order valence-electron chi connectivity index (χ2n) is 4.43. The van der Waals surface area contributed by atoms with E-state index in [2.05, 4.69) is 62.8 Å². The Morgan fingerprint density at radius 2 is 2.06 bits per heavy atom. The second kappa shape index (κ2) is 5.72. The molecule has 1 heterocycles. The first-order valence-corrected chi connectivity index (χ1v) is 8.06. The van der Waals surface area contributed by atoms with Crippen molar-refractivity contribution in [2.75, 3.05) is 5.73 Å². The molecular weight excluding hydrogens is 376 g/mol. The van der Waals surface area contributed by atoms with Crippen LogP contribution in [0.25, 0.3) is 0 Å². The van der Waals surface area contributed by atoms with Crippen LogP contribution in [0.15, 0.2) is 27.1 Å². The summed E-state index contributed by atoms with van der Waals surface area (Å²) in [6, 6.07) is 6.21. The summed E-state index contributed by atoms with van der Waals surface area (Å²) in [6.07, 6.45) is 0.863. The lowest BCUT2D eigenvalue weighted by Gasteiger charge is -2.07. The molecule has 2 nitrogen and oxygen atoms in total. The molecule has 0 aliphatic rings. The Kier molecular flexibility index (Phi) is 4.45. The molecule has 0 aliphatic carbocycles. The lowest BCUT2D eigenvalue weighted by molar-refractivity contribution is 0.820. The van der Waals surface area contributed by atoms with Gasteiger partial charge in [0.05, 0.1) is 5.69 Å². The van der Waals surface area contributed by atoms with Crippen LogP contribution in [0, 0.1) is 0 Å². The summed E-state index contributed by atoms with van der Waals surface area (Å²) in [4.78, 5) is 5.68. The molecule has 0 bridgehead atoms. The fourth-order valence-corrected chi connectivity index (χ4v) is 3.62. The summed E-state index contributed by atoms with van der Waals surface area (Å²) >= 11 is 8.68. The van der Waals surface area contributed by atoms with E-state index in [1.165, 1.54) is 10.4 Å². The fraction of sp³-hybridized carbons (Fsp3) is 0.308. The first-order chi connectivity index (χ1) is 8.47. The molecule has 0 fully saturated rings. The third kappa shape index (κ3) is 3.13. The van der Waals surface area contributed by atoms with Gasteiger partial charge in [-0.15, -0.1) is 11.3 Å². The molecule has 0 amide bonds. The van der Waals surface area contributed by atoms with Gasteiger partial charge in [-0.25, -0.2) is 4.98 Å². The zero-order valence-corrected chi connectivity index (χ0v) is 14.2. The van der Waals surface area contributed by atoms with Gasteiger partial charge in [-0.05, 0) is 29.7 Å². The summed E-state index contributed by atoms with van der Waals surface area (Å²) < 4.78 is 2.21. The zero-order valence-electron chi connectivity index (χ0n) is 10.2. The van der Waals surface area contributed by atoms with Crippen molar-refractivity contribution >= 4 is 48.3 Å². The highest BCUT2D eigenvalue weighted by atomic mass is 79.9. The van der Waals surface area contributed by atoms with Gasteiger partial charge < -0.3 is 5.73 Å². The van der Waals surface area contributed by atoms with E-state index in [-0.39, 0.29) is 0 Å². The van der Waals surface area contributed by atoms with E-state index in [4.69, 9.17) is 5.73 Å². The van der Waals surface area contributed by atoms with Gasteiger partial charge in [0.25, 0.3) is 0 Å². The highest BCUT2D eigenvalue weighted by Gasteiger charge is 2.14. The molecule has 18 heavy (non-hydrogen) atoms. The largest absolute Gasteiger partial charge is 0.375 e. The second-order valence-corrected chi connectivity index (χ2v) is 7.31. The van der Waals surface area contributed by atoms with Crippen LogP contribution in [-0.2, 0) is 6.42 Å². The average Bonchev–Trinajstić information content (AvgIpc) is 2.65. The Hall–Kier alpha value is -0.390. The minimum Gasteiger partial charge on any atom is -0.375 e. The number of benzene rings is 1. The number of nitrogens with zero attached hydrogens (tertiary/aromatic N) is 1. The van der Waals surface area contributed by atoms with Gasteiger partial charge in [0.15, 0.2) is 5.13 Å². The molecule has 96 valence electrons. The summed E-state index contributed by atoms with van der Waals surface area (Å²) in [5.41, 5.74) is 8.19. The molecule has 2 N–H and O–H groups in total. The summed E-state index contributed by atoms with van der Waals surface area (Å²) in [5.74, 6) is 0.402.